The second-order valence-corrected chi connectivity index (χ2v) is 8.61. The highest BCUT2D eigenvalue weighted by Gasteiger charge is 2.31. The van der Waals surface area contributed by atoms with Crippen LogP contribution >= 0.6 is 24.0 Å². The van der Waals surface area contributed by atoms with E-state index < -0.39 is 0 Å². The molecule has 0 spiro atoms. The number of hydrogen-bond acceptors (Lipinski definition) is 4. The van der Waals surface area contributed by atoms with Crippen LogP contribution in [-0.4, -0.2) is 34.1 Å². The van der Waals surface area contributed by atoms with Gasteiger partial charge in [0.25, 0.3) is 5.91 Å². The summed E-state index contributed by atoms with van der Waals surface area (Å²) in [4.78, 5) is 26.9. The largest absolute Gasteiger partial charge is 0.356 e. The van der Waals surface area contributed by atoms with E-state index in [4.69, 9.17) is 12.2 Å². The van der Waals surface area contributed by atoms with Gasteiger partial charge in [0.2, 0.25) is 5.91 Å². The van der Waals surface area contributed by atoms with Crippen molar-refractivity contribution in [2.24, 2.45) is 0 Å². The van der Waals surface area contributed by atoms with Crippen LogP contribution in [0.4, 0.5) is 0 Å². The predicted molar refractivity (Wildman–Crippen MR) is 123 cm³/mol. The molecule has 1 heterocycles. The van der Waals surface area contributed by atoms with Gasteiger partial charge in [-0.2, -0.15) is 0 Å². The molecule has 0 radical (unpaired) electrons. The van der Waals surface area contributed by atoms with Gasteiger partial charge in [0, 0.05) is 19.5 Å². The average molecular weight is 425 g/mol. The van der Waals surface area contributed by atoms with Crippen molar-refractivity contribution in [3.63, 3.8) is 0 Å². The molecule has 4 nitrogen and oxygen atoms in total. The van der Waals surface area contributed by atoms with Crippen molar-refractivity contribution in [1.82, 2.24) is 10.2 Å². The van der Waals surface area contributed by atoms with Gasteiger partial charge in [0.1, 0.15) is 4.32 Å². The van der Waals surface area contributed by atoms with E-state index in [1.807, 2.05) is 67.6 Å². The standard InChI is InChI=1S/C23H24N2O2S2/c1-17-9-11-19(12-10-17)16-20-22(27)25(23(28)29-20)15-5-8-21(26)24-14-13-18-6-3-2-4-7-18/h2-4,6-7,9-12,16H,5,8,13-15H2,1H3,(H,24,26)/b20-16-. The Kier molecular flexibility index (Phi) is 7.61. The summed E-state index contributed by atoms with van der Waals surface area (Å²) in [7, 11) is 0. The van der Waals surface area contributed by atoms with Gasteiger partial charge in [0.05, 0.1) is 4.91 Å². The number of nitrogens with one attached hydrogen (secondary N) is 1. The van der Waals surface area contributed by atoms with E-state index in [1.165, 1.54) is 22.9 Å². The van der Waals surface area contributed by atoms with Gasteiger partial charge in [-0.25, -0.2) is 0 Å². The Morgan fingerprint density at radius 2 is 1.86 bits per heavy atom. The van der Waals surface area contributed by atoms with Crippen molar-refractivity contribution in [1.29, 1.82) is 0 Å². The fraction of sp³-hybridized carbons (Fsp3) is 0.261. The Labute approximate surface area is 181 Å². The zero-order valence-electron chi connectivity index (χ0n) is 16.4. The fourth-order valence-corrected chi connectivity index (χ4v) is 4.29. The van der Waals surface area contributed by atoms with E-state index in [2.05, 4.69) is 5.32 Å². The Balaban J connectivity index is 1.43. The molecule has 2 aromatic carbocycles. The maximum atomic E-state index is 12.6. The molecule has 0 unspecified atom stereocenters. The molecule has 0 saturated carbocycles. The van der Waals surface area contributed by atoms with Crippen molar-refractivity contribution < 1.29 is 9.59 Å². The van der Waals surface area contributed by atoms with Crippen molar-refractivity contribution in [2.45, 2.75) is 26.2 Å². The third-order valence-corrected chi connectivity index (χ3v) is 5.99. The number of carbonyl (C=O) groups excluding carboxylic acids is 2. The first-order valence-electron chi connectivity index (χ1n) is 9.65. The van der Waals surface area contributed by atoms with Gasteiger partial charge in [-0.15, -0.1) is 0 Å². The van der Waals surface area contributed by atoms with Crippen LogP contribution in [-0.2, 0) is 16.0 Å². The van der Waals surface area contributed by atoms with Crippen LogP contribution in [0.1, 0.15) is 29.5 Å². The topological polar surface area (TPSA) is 49.4 Å². The lowest BCUT2D eigenvalue weighted by atomic mass is 10.1. The predicted octanol–water partition coefficient (Wildman–Crippen LogP) is 4.34. The Hall–Kier alpha value is -2.44. The van der Waals surface area contributed by atoms with Crippen LogP contribution in [0, 0.1) is 6.92 Å². The minimum atomic E-state index is -0.0786. The summed E-state index contributed by atoms with van der Waals surface area (Å²) in [6, 6.07) is 18.1. The number of hydrogen-bond donors (Lipinski definition) is 1. The zero-order chi connectivity index (χ0) is 20.6. The monoisotopic (exact) mass is 424 g/mol. The van der Waals surface area contributed by atoms with E-state index in [9.17, 15) is 9.59 Å². The summed E-state index contributed by atoms with van der Waals surface area (Å²) < 4.78 is 0.554. The molecule has 150 valence electrons. The van der Waals surface area contributed by atoms with Gasteiger partial charge in [-0.1, -0.05) is 84.1 Å². The second-order valence-electron chi connectivity index (χ2n) is 6.93. The SMILES string of the molecule is Cc1ccc(/C=C2\SC(=S)N(CCCC(=O)NCCc3ccccc3)C2=O)cc1. The highest BCUT2D eigenvalue weighted by Crippen LogP contribution is 2.32. The third kappa shape index (κ3) is 6.27. The Bertz CT molecular complexity index is 908. The summed E-state index contributed by atoms with van der Waals surface area (Å²) in [6.45, 7) is 3.10. The number of benzene rings is 2. The first-order valence-corrected chi connectivity index (χ1v) is 10.9. The minimum Gasteiger partial charge on any atom is -0.356 e. The molecule has 6 heteroatoms. The second kappa shape index (κ2) is 10.4. The number of thiocarbonyl (C=S) groups is 1. The minimum absolute atomic E-state index is 0.00145. The summed E-state index contributed by atoms with van der Waals surface area (Å²) >= 11 is 6.68. The van der Waals surface area contributed by atoms with E-state index in [0.29, 0.717) is 35.2 Å². The molecule has 29 heavy (non-hydrogen) atoms. The van der Waals surface area contributed by atoms with Crippen LogP contribution in [0.25, 0.3) is 6.08 Å². The Morgan fingerprint density at radius 1 is 1.14 bits per heavy atom. The number of aryl methyl sites for hydroxylation is 1. The first-order chi connectivity index (χ1) is 14.0. The Morgan fingerprint density at radius 3 is 2.59 bits per heavy atom. The molecule has 2 amide bonds. The van der Waals surface area contributed by atoms with E-state index >= 15 is 0 Å². The van der Waals surface area contributed by atoms with Gasteiger partial charge < -0.3 is 5.32 Å². The molecule has 0 aromatic heterocycles. The van der Waals surface area contributed by atoms with Crippen LogP contribution < -0.4 is 5.32 Å². The van der Waals surface area contributed by atoms with Gasteiger partial charge in [-0.05, 0) is 37.0 Å². The zero-order valence-corrected chi connectivity index (χ0v) is 18.0. The maximum absolute atomic E-state index is 12.6. The summed E-state index contributed by atoms with van der Waals surface area (Å²) in [5.74, 6) is -0.0772. The highest BCUT2D eigenvalue weighted by molar-refractivity contribution is 8.26. The van der Waals surface area contributed by atoms with Gasteiger partial charge >= 0.3 is 0 Å². The van der Waals surface area contributed by atoms with Crippen molar-refractivity contribution in [2.75, 3.05) is 13.1 Å². The van der Waals surface area contributed by atoms with E-state index in [0.717, 1.165) is 12.0 Å². The summed E-state index contributed by atoms with van der Waals surface area (Å²) in [5, 5.41) is 2.93. The van der Waals surface area contributed by atoms with Crippen LogP contribution in [0.15, 0.2) is 59.5 Å². The number of rotatable bonds is 8. The number of nitrogens with zero attached hydrogens (tertiary/aromatic N) is 1. The molecule has 1 aliphatic heterocycles. The molecule has 1 fully saturated rings. The fourth-order valence-electron chi connectivity index (χ4n) is 2.98. The normalized spacial score (nSPS) is 15.2. The molecule has 0 bridgehead atoms. The van der Waals surface area contributed by atoms with Gasteiger partial charge in [-0.3, -0.25) is 14.5 Å². The lowest BCUT2D eigenvalue weighted by Gasteiger charge is -2.14. The molecule has 1 N–H and O–H groups in total. The number of amides is 2. The number of thioether (sulfide) groups is 1. The summed E-state index contributed by atoms with van der Waals surface area (Å²) in [5.41, 5.74) is 3.36. The van der Waals surface area contributed by atoms with Crippen molar-refractivity contribution >= 4 is 46.2 Å². The first kappa shape index (κ1) is 21.3. The lowest BCUT2D eigenvalue weighted by Crippen LogP contribution is -2.31. The van der Waals surface area contributed by atoms with Crippen LogP contribution in [0.2, 0.25) is 0 Å². The smallest absolute Gasteiger partial charge is 0.266 e. The molecule has 1 aliphatic rings. The van der Waals surface area contributed by atoms with Crippen LogP contribution in [0.3, 0.4) is 0 Å². The highest BCUT2D eigenvalue weighted by atomic mass is 32.2. The summed E-state index contributed by atoms with van der Waals surface area (Å²) in [6.07, 6.45) is 3.64. The number of carbonyl (C=O) groups is 2. The molecule has 2 aromatic rings. The lowest BCUT2D eigenvalue weighted by molar-refractivity contribution is -0.123. The van der Waals surface area contributed by atoms with E-state index in [1.54, 1.807) is 4.90 Å². The van der Waals surface area contributed by atoms with Crippen molar-refractivity contribution in [3.8, 4) is 0 Å². The van der Waals surface area contributed by atoms with Gasteiger partial charge in [0.15, 0.2) is 0 Å². The molecule has 3 rings (SSSR count). The van der Waals surface area contributed by atoms with Crippen LogP contribution in [0.5, 0.6) is 0 Å². The molecule has 0 aliphatic carbocycles. The average Bonchev–Trinajstić information content (AvgIpc) is 2.98. The molecular weight excluding hydrogens is 400 g/mol. The quantitative estimate of drug-likeness (QED) is 0.506. The molecule has 1 saturated heterocycles. The maximum Gasteiger partial charge on any atom is 0.266 e. The molecule has 0 atom stereocenters. The molecular formula is C23H24N2O2S2. The third-order valence-electron chi connectivity index (χ3n) is 4.61. The van der Waals surface area contributed by atoms with Crippen molar-refractivity contribution in [3.05, 3.63) is 76.2 Å². The van der Waals surface area contributed by atoms with E-state index in [-0.39, 0.29) is 11.8 Å².